The van der Waals surface area contributed by atoms with Gasteiger partial charge in [-0.1, -0.05) is 0 Å². The first-order valence-electron chi connectivity index (χ1n) is 12.0. The average Bonchev–Trinajstić information content (AvgIpc) is 3.38. The number of nitrogens with zero attached hydrogens (tertiary/aromatic N) is 6. The third-order valence-corrected chi connectivity index (χ3v) is 6.80. The van der Waals surface area contributed by atoms with E-state index in [0.29, 0.717) is 49.7 Å². The second kappa shape index (κ2) is 10.1. The average molecular weight is 483 g/mol. The number of nitriles is 1. The maximum Gasteiger partial charge on any atom is 0.251 e. The summed E-state index contributed by atoms with van der Waals surface area (Å²) in [6.07, 6.45) is 8.52. The molecule has 0 spiro atoms. The first-order chi connectivity index (χ1) is 17.6. The molecule has 0 radical (unpaired) electrons. The lowest BCUT2D eigenvalue weighted by Crippen LogP contribution is -2.48. The highest BCUT2D eigenvalue weighted by atomic mass is 16.5. The largest absolute Gasteiger partial charge is 0.381 e. The van der Waals surface area contributed by atoms with Crippen LogP contribution in [0.5, 0.6) is 0 Å². The molecule has 1 saturated heterocycles. The first-order valence-corrected chi connectivity index (χ1v) is 12.0. The highest BCUT2D eigenvalue weighted by Gasteiger charge is 2.50. The van der Waals surface area contributed by atoms with Gasteiger partial charge in [0.15, 0.2) is 0 Å². The summed E-state index contributed by atoms with van der Waals surface area (Å²) in [5.41, 5.74) is 2.44. The molecule has 0 bridgehead atoms. The molecule has 0 atom stereocenters. The van der Waals surface area contributed by atoms with E-state index in [1.54, 1.807) is 30.6 Å². The van der Waals surface area contributed by atoms with Crippen molar-refractivity contribution in [1.29, 1.82) is 5.26 Å². The minimum absolute atomic E-state index is 0.0554. The van der Waals surface area contributed by atoms with Gasteiger partial charge in [0.2, 0.25) is 12.0 Å². The summed E-state index contributed by atoms with van der Waals surface area (Å²) in [5.74, 6) is 0.329. The molecule has 1 amide bonds. The Morgan fingerprint density at radius 3 is 2.75 bits per heavy atom. The number of carbonyl (C=O) groups excluding carboxylic acids is 1. The number of carbonyl (C=O) groups is 1. The van der Waals surface area contributed by atoms with E-state index in [1.807, 2.05) is 23.0 Å². The second-order valence-corrected chi connectivity index (χ2v) is 9.25. The lowest BCUT2D eigenvalue weighted by Gasteiger charge is -2.40. The summed E-state index contributed by atoms with van der Waals surface area (Å²) in [7, 11) is 0. The van der Waals surface area contributed by atoms with E-state index in [1.165, 1.54) is 0 Å². The van der Waals surface area contributed by atoms with Crippen molar-refractivity contribution in [2.75, 3.05) is 18.5 Å². The number of aromatic nitrogens is 4. The molecule has 2 N–H and O–H groups in total. The maximum absolute atomic E-state index is 12.5. The molecule has 3 heterocycles. The molecular formula is C26H26N8O2. The van der Waals surface area contributed by atoms with Crippen LogP contribution in [-0.2, 0) is 10.3 Å². The van der Waals surface area contributed by atoms with E-state index in [9.17, 15) is 10.1 Å². The zero-order valence-corrected chi connectivity index (χ0v) is 19.7. The highest BCUT2D eigenvalue weighted by molar-refractivity contribution is 5.94. The zero-order valence-electron chi connectivity index (χ0n) is 19.7. The predicted molar refractivity (Wildman–Crippen MR) is 132 cm³/mol. The van der Waals surface area contributed by atoms with Crippen LogP contribution in [0.25, 0.3) is 16.1 Å². The van der Waals surface area contributed by atoms with Crippen molar-refractivity contribution in [3.05, 3.63) is 65.9 Å². The van der Waals surface area contributed by atoms with Crippen LogP contribution in [0.4, 0.5) is 11.6 Å². The van der Waals surface area contributed by atoms with E-state index in [-0.39, 0.29) is 18.0 Å². The number of benzene rings is 1. The molecule has 1 aliphatic carbocycles. The molecular weight excluding hydrogens is 456 g/mol. The number of hydrogen-bond donors (Lipinski definition) is 2. The standard InChI is InChI=1S/C26H26N8O2/c1-28-22-14-26(15-22,9-10-27)34-17-19(16-30-34)23-6-11-29-25(33-23)32-20-4-2-18(3-5-20)24(35)31-21-7-12-36-13-8-21/h2-6,11,16-17,21-22H,7-9,12-15H2,(H,31,35)(H,29,32,33). The lowest BCUT2D eigenvalue weighted by atomic mass is 9.71. The zero-order chi connectivity index (χ0) is 25.0. The van der Waals surface area contributed by atoms with Crippen molar-refractivity contribution in [2.45, 2.75) is 49.7 Å². The fourth-order valence-corrected chi connectivity index (χ4v) is 4.71. The molecule has 3 aromatic rings. The molecule has 0 unspecified atom stereocenters. The van der Waals surface area contributed by atoms with Gasteiger partial charge in [0.05, 0.1) is 29.9 Å². The van der Waals surface area contributed by atoms with Crippen molar-refractivity contribution in [2.24, 2.45) is 0 Å². The summed E-state index contributed by atoms with van der Waals surface area (Å²) in [6, 6.07) is 11.3. The van der Waals surface area contributed by atoms with E-state index >= 15 is 0 Å². The normalized spacial score (nSPS) is 21.6. The quantitative estimate of drug-likeness (QED) is 0.493. The number of amides is 1. The lowest BCUT2D eigenvalue weighted by molar-refractivity contribution is 0.0696. The Bertz CT molecular complexity index is 1310. The predicted octanol–water partition coefficient (Wildman–Crippen LogP) is 3.68. The summed E-state index contributed by atoms with van der Waals surface area (Å²) in [6.45, 7) is 8.59. The van der Waals surface area contributed by atoms with Gasteiger partial charge >= 0.3 is 0 Å². The van der Waals surface area contributed by atoms with Crippen molar-refractivity contribution >= 4 is 17.5 Å². The number of hydrogen-bond acceptors (Lipinski definition) is 7. The molecule has 36 heavy (non-hydrogen) atoms. The SMILES string of the molecule is [C-]#[N+]C1CC(CC#N)(n2cc(-c3ccnc(Nc4ccc(C(=O)NC5CCOCC5)cc4)n3)cn2)C1. The molecule has 1 aromatic carbocycles. The van der Waals surface area contributed by atoms with Gasteiger partial charge in [-0.15, -0.1) is 0 Å². The molecule has 10 heteroatoms. The molecule has 10 nitrogen and oxygen atoms in total. The first kappa shape index (κ1) is 23.5. The third-order valence-electron chi connectivity index (χ3n) is 6.80. The van der Waals surface area contributed by atoms with Gasteiger partial charge in [0.25, 0.3) is 5.91 Å². The molecule has 182 valence electrons. The Hall–Kier alpha value is -4.28. The van der Waals surface area contributed by atoms with Crippen LogP contribution in [-0.4, -0.2) is 51.0 Å². The molecule has 1 aliphatic heterocycles. The van der Waals surface area contributed by atoms with Crippen molar-refractivity contribution < 1.29 is 9.53 Å². The molecule has 1 saturated carbocycles. The Balaban J connectivity index is 1.25. The Morgan fingerprint density at radius 2 is 2.03 bits per heavy atom. The smallest absolute Gasteiger partial charge is 0.251 e. The van der Waals surface area contributed by atoms with Crippen LogP contribution in [0.15, 0.2) is 48.9 Å². The van der Waals surface area contributed by atoms with Crippen LogP contribution in [0.3, 0.4) is 0 Å². The van der Waals surface area contributed by atoms with Gasteiger partial charge < -0.3 is 20.2 Å². The van der Waals surface area contributed by atoms with E-state index in [4.69, 9.17) is 11.3 Å². The summed E-state index contributed by atoms with van der Waals surface area (Å²) < 4.78 is 7.15. The third kappa shape index (κ3) is 4.90. The summed E-state index contributed by atoms with van der Waals surface area (Å²) in [5, 5.41) is 20.0. The van der Waals surface area contributed by atoms with Gasteiger partial charge in [-0.3, -0.25) is 9.48 Å². The van der Waals surface area contributed by atoms with Crippen LogP contribution >= 0.6 is 0 Å². The highest BCUT2D eigenvalue weighted by Crippen LogP contribution is 2.44. The van der Waals surface area contributed by atoms with Gasteiger partial charge in [-0.25, -0.2) is 16.5 Å². The van der Waals surface area contributed by atoms with Crippen molar-refractivity contribution in [1.82, 2.24) is 25.1 Å². The van der Waals surface area contributed by atoms with Gasteiger partial charge in [0, 0.05) is 61.3 Å². The minimum atomic E-state index is -0.422. The van der Waals surface area contributed by atoms with E-state index in [0.717, 1.165) is 24.1 Å². The number of rotatable bonds is 7. The van der Waals surface area contributed by atoms with Crippen LogP contribution < -0.4 is 10.6 Å². The number of ether oxygens (including phenoxy) is 1. The molecule has 2 aromatic heterocycles. The van der Waals surface area contributed by atoms with Crippen LogP contribution in [0.1, 0.15) is 42.5 Å². The molecule has 5 rings (SSSR count). The van der Waals surface area contributed by atoms with Gasteiger partial charge in [-0.05, 0) is 43.2 Å². The number of anilines is 2. The molecule has 2 fully saturated rings. The Labute approximate surface area is 209 Å². The number of nitrogens with one attached hydrogen (secondary N) is 2. The summed E-state index contributed by atoms with van der Waals surface area (Å²) >= 11 is 0. The monoisotopic (exact) mass is 482 g/mol. The van der Waals surface area contributed by atoms with E-state index in [2.05, 4.69) is 36.6 Å². The van der Waals surface area contributed by atoms with Crippen LogP contribution in [0, 0.1) is 17.9 Å². The van der Waals surface area contributed by atoms with E-state index < -0.39 is 5.54 Å². The van der Waals surface area contributed by atoms with Gasteiger partial charge in [-0.2, -0.15) is 10.4 Å². The topological polar surface area (TPSA) is 122 Å². The Kier molecular flexibility index (Phi) is 6.61. The fraction of sp³-hybridized carbons (Fsp3) is 0.385. The van der Waals surface area contributed by atoms with Crippen molar-refractivity contribution in [3.63, 3.8) is 0 Å². The Morgan fingerprint density at radius 1 is 1.25 bits per heavy atom. The second-order valence-electron chi connectivity index (χ2n) is 9.25. The molecule has 2 aliphatic rings. The minimum Gasteiger partial charge on any atom is -0.381 e. The van der Waals surface area contributed by atoms with Gasteiger partial charge in [0.1, 0.15) is 0 Å². The maximum atomic E-state index is 12.5. The summed E-state index contributed by atoms with van der Waals surface area (Å²) in [4.78, 5) is 25.0. The van der Waals surface area contributed by atoms with Crippen LogP contribution in [0.2, 0.25) is 0 Å². The van der Waals surface area contributed by atoms with Crippen molar-refractivity contribution in [3.8, 4) is 17.3 Å². The fourth-order valence-electron chi connectivity index (χ4n) is 4.71.